The lowest BCUT2D eigenvalue weighted by atomic mass is 9.95. The van der Waals surface area contributed by atoms with Crippen molar-refractivity contribution in [1.82, 2.24) is 10.2 Å². The van der Waals surface area contributed by atoms with E-state index in [2.05, 4.69) is 10.1 Å². The molecular formula is C19H26N2O6. The number of nitrogens with one attached hydrogen (secondary N) is 1. The molecule has 1 atom stereocenters. The van der Waals surface area contributed by atoms with Gasteiger partial charge in [0.05, 0.1) is 13.7 Å². The summed E-state index contributed by atoms with van der Waals surface area (Å²) in [6, 6.07) is 8.32. The molecule has 148 valence electrons. The number of ether oxygens (including phenoxy) is 3. The van der Waals surface area contributed by atoms with Crippen LogP contribution in [0.2, 0.25) is 0 Å². The number of benzene rings is 1. The average Bonchev–Trinajstić information content (AvgIpc) is 2.71. The van der Waals surface area contributed by atoms with Crippen LogP contribution in [0.15, 0.2) is 30.3 Å². The Bertz CT molecular complexity index is 628. The quantitative estimate of drug-likeness (QED) is 0.666. The van der Waals surface area contributed by atoms with E-state index in [1.807, 2.05) is 18.2 Å². The Balaban J connectivity index is 1.77. The van der Waals surface area contributed by atoms with E-state index in [9.17, 15) is 14.4 Å². The zero-order valence-corrected chi connectivity index (χ0v) is 15.7. The lowest BCUT2D eigenvalue weighted by molar-refractivity contribution is -0.147. The normalized spacial score (nSPS) is 15.7. The van der Waals surface area contributed by atoms with Gasteiger partial charge in [-0.2, -0.15) is 0 Å². The largest absolute Gasteiger partial charge is 0.484 e. The molecule has 0 aliphatic carbocycles. The number of carbonyl (C=O) groups is 3. The van der Waals surface area contributed by atoms with Gasteiger partial charge in [-0.25, -0.2) is 4.79 Å². The highest BCUT2D eigenvalue weighted by atomic mass is 16.5. The molecule has 8 heteroatoms. The van der Waals surface area contributed by atoms with E-state index in [0.29, 0.717) is 31.7 Å². The number of amides is 2. The lowest BCUT2D eigenvalue weighted by Crippen LogP contribution is -2.49. The van der Waals surface area contributed by atoms with Crippen molar-refractivity contribution in [3.05, 3.63) is 30.3 Å². The Morgan fingerprint density at radius 2 is 1.81 bits per heavy atom. The third-order valence-electron chi connectivity index (χ3n) is 4.46. The van der Waals surface area contributed by atoms with Crippen LogP contribution in [0.1, 0.15) is 12.8 Å². The van der Waals surface area contributed by atoms with Crippen LogP contribution < -0.4 is 10.1 Å². The summed E-state index contributed by atoms with van der Waals surface area (Å²) < 4.78 is 15.1. The Labute approximate surface area is 158 Å². The fourth-order valence-electron chi connectivity index (χ4n) is 2.91. The van der Waals surface area contributed by atoms with Crippen LogP contribution in [-0.4, -0.2) is 69.2 Å². The fraction of sp³-hybridized carbons (Fsp3) is 0.526. The van der Waals surface area contributed by atoms with Gasteiger partial charge in [-0.1, -0.05) is 18.2 Å². The number of rotatable bonds is 8. The number of nitrogens with zero attached hydrogens (tertiary/aromatic N) is 1. The predicted molar refractivity (Wildman–Crippen MR) is 97.1 cm³/mol. The Kier molecular flexibility index (Phi) is 8.06. The molecule has 1 N–H and O–H groups in total. The van der Waals surface area contributed by atoms with Gasteiger partial charge in [0.2, 0.25) is 5.91 Å². The van der Waals surface area contributed by atoms with Gasteiger partial charge in [0.1, 0.15) is 5.75 Å². The monoisotopic (exact) mass is 378 g/mol. The molecule has 2 rings (SSSR count). The third-order valence-corrected chi connectivity index (χ3v) is 4.46. The van der Waals surface area contributed by atoms with Crippen LogP contribution in [0.25, 0.3) is 0 Å². The number of piperidine rings is 1. The molecule has 1 aromatic carbocycles. The molecule has 1 aliphatic heterocycles. The maximum absolute atomic E-state index is 12.4. The summed E-state index contributed by atoms with van der Waals surface area (Å²) in [7, 11) is 2.71. The molecule has 0 saturated carbocycles. The van der Waals surface area contributed by atoms with Gasteiger partial charge < -0.3 is 24.4 Å². The molecule has 1 fully saturated rings. The van der Waals surface area contributed by atoms with Gasteiger partial charge in [0, 0.05) is 26.1 Å². The van der Waals surface area contributed by atoms with E-state index >= 15 is 0 Å². The van der Waals surface area contributed by atoms with E-state index in [-0.39, 0.29) is 30.9 Å². The smallest absolute Gasteiger partial charge is 0.330 e. The summed E-state index contributed by atoms with van der Waals surface area (Å²) in [5.74, 6) is -0.490. The number of hydrogen-bond acceptors (Lipinski definition) is 6. The van der Waals surface area contributed by atoms with Crippen LogP contribution in [0.3, 0.4) is 0 Å². The number of methoxy groups -OCH3 is 2. The van der Waals surface area contributed by atoms with Gasteiger partial charge in [-0.15, -0.1) is 0 Å². The van der Waals surface area contributed by atoms with Crippen LogP contribution in [-0.2, 0) is 23.9 Å². The molecule has 2 amide bonds. The minimum atomic E-state index is -0.827. The van der Waals surface area contributed by atoms with E-state index in [1.165, 1.54) is 14.2 Å². The highest BCUT2D eigenvalue weighted by Crippen LogP contribution is 2.18. The standard InChI is InChI=1S/C19H26N2O6/c1-25-12-16(19(24)26-2)20-18(23)14-8-10-21(11-9-14)17(22)13-27-15-6-4-3-5-7-15/h3-7,14,16H,8-13H2,1-2H3,(H,20,23)/t16-/m0/s1. The average molecular weight is 378 g/mol. The van der Waals surface area contributed by atoms with Crippen molar-refractivity contribution in [3.8, 4) is 5.75 Å². The Morgan fingerprint density at radius 3 is 2.41 bits per heavy atom. The summed E-state index contributed by atoms with van der Waals surface area (Å²) in [6.45, 7) is 0.968. The summed E-state index contributed by atoms with van der Waals surface area (Å²) in [6.07, 6.45) is 1.06. The first kappa shape index (κ1) is 20.7. The molecule has 0 radical (unpaired) electrons. The zero-order valence-electron chi connectivity index (χ0n) is 15.7. The minimum absolute atomic E-state index is 0.0286. The number of likely N-dealkylation sites (tertiary alicyclic amines) is 1. The van der Waals surface area contributed by atoms with Crippen LogP contribution in [0, 0.1) is 5.92 Å². The molecule has 1 heterocycles. The first-order valence-corrected chi connectivity index (χ1v) is 8.88. The molecule has 0 unspecified atom stereocenters. The molecule has 1 saturated heterocycles. The summed E-state index contributed by atoms with van der Waals surface area (Å²) in [4.78, 5) is 38.0. The number of esters is 1. The van der Waals surface area contributed by atoms with Gasteiger partial charge in [-0.05, 0) is 25.0 Å². The van der Waals surface area contributed by atoms with E-state index in [1.54, 1.807) is 17.0 Å². The van der Waals surface area contributed by atoms with E-state index in [0.717, 1.165) is 0 Å². The second kappa shape index (κ2) is 10.5. The molecule has 0 spiro atoms. The maximum Gasteiger partial charge on any atom is 0.330 e. The van der Waals surface area contributed by atoms with Gasteiger partial charge in [0.25, 0.3) is 5.91 Å². The number of carbonyl (C=O) groups excluding carboxylic acids is 3. The molecule has 1 aromatic rings. The minimum Gasteiger partial charge on any atom is -0.484 e. The van der Waals surface area contributed by atoms with Crippen LogP contribution in [0.4, 0.5) is 0 Å². The van der Waals surface area contributed by atoms with Crippen molar-refractivity contribution >= 4 is 17.8 Å². The van der Waals surface area contributed by atoms with Crippen molar-refractivity contribution in [2.75, 3.05) is 40.5 Å². The van der Waals surface area contributed by atoms with Gasteiger partial charge in [0.15, 0.2) is 12.6 Å². The lowest BCUT2D eigenvalue weighted by Gasteiger charge is -2.31. The zero-order chi connectivity index (χ0) is 19.6. The fourth-order valence-corrected chi connectivity index (χ4v) is 2.91. The van der Waals surface area contributed by atoms with Crippen LogP contribution >= 0.6 is 0 Å². The summed E-state index contributed by atoms with van der Waals surface area (Å²) in [5.41, 5.74) is 0. The summed E-state index contributed by atoms with van der Waals surface area (Å²) in [5, 5.41) is 2.66. The maximum atomic E-state index is 12.4. The van der Waals surface area contributed by atoms with Crippen molar-refractivity contribution < 1.29 is 28.6 Å². The van der Waals surface area contributed by atoms with E-state index in [4.69, 9.17) is 9.47 Å². The van der Waals surface area contributed by atoms with Crippen molar-refractivity contribution in [1.29, 1.82) is 0 Å². The second-order valence-electron chi connectivity index (χ2n) is 6.30. The van der Waals surface area contributed by atoms with Crippen molar-refractivity contribution in [2.24, 2.45) is 5.92 Å². The molecular weight excluding hydrogens is 352 g/mol. The van der Waals surface area contributed by atoms with Gasteiger partial charge in [-0.3, -0.25) is 9.59 Å². The SMILES string of the molecule is COC[C@H](NC(=O)C1CCN(C(=O)COc2ccccc2)CC1)C(=O)OC. The Morgan fingerprint density at radius 1 is 1.15 bits per heavy atom. The first-order valence-electron chi connectivity index (χ1n) is 8.88. The van der Waals surface area contributed by atoms with E-state index < -0.39 is 12.0 Å². The third kappa shape index (κ3) is 6.25. The van der Waals surface area contributed by atoms with Crippen molar-refractivity contribution in [2.45, 2.75) is 18.9 Å². The van der Waals surface area contributed by atoms with Crippen LogP contribution in [0.5, 0.6) is 5.75 Å². The number of para-hydroxylation sites is 1. The highest BCUT2D eigenvalue weighted by molar-refractivity contribution is 5.86. The first-order chi connectivity index (χ1) is 13.0. The van der Waals surface area contributed by atoms with Crippen molar-refractivity contribution in [3.63, 3.8) is 0 Å². The molecule has 8 nitrogen and oxygen atoms in total. The van der Waals surface area contributed by atoms with Gasteiger partial charge >= 0.3 is 5.97 Å². The number of hydrogen-bond donors (Lipinski definition) is 1. The topological polar surface area (TPSA) is 94.2 Å². The summed E-state index contributed by atoms with van der Waals surface area (Å²) >= 11 is 0. The Hall–Kier alpha value is -2.61. The molecule has 0 bridgehead atoms. The molecule has 0 aromatic heterocycles. The second-order valence-corrected chi connectivity index (χ2v) is 6.30. The predicted octanol–water partition coefficient (Wildman–Crippen LogP) is 0.608. The molecule has 1 aliphatic rings. The highest BCUT2D eigenvalue weighted by Gasteiger charge is 2.30. The molecule has 27 heavy (non-hydrogen) atoms.